The van der Waals surface area contributed by atoms with Gasteiger partial charge in [-0.3, -0.25) is 9.59 Å². The van der Waals surface area contributed by atoms with E-state index in [9.17, 15) is 18.0 Å². The molecular formula is C27H30ClN3O4S. The van der Waals surface area contributed by atoms with E-state index in [0.717, 1.165) is 21.0 Å². The highest BCUT2D eigenvalue weighted by Gasteiger charge is 2.32. The van der Waals surface area contributed by atoms with Crippen molar-refractivity contribution in [2.45, 2.75) is 30.8 Å². The van der Waals surface area contributed by atoms with Gasteiger partial charge in [0.05, 0.1) is 11.4 Å². The van der Waals surface area contributed by atoms with Gasteiger partial charge in [-0.25, -0.2) is 8.42 Å². The third kappa shape index (κ3) is 6.94. The van der Waals surface area contributed by atoms with Gasteiger partial charge in [0.2, 0.25) is 21.8 Å². The molecule has 0 saturated heterocycles. The van der Waals surface area contributed by atoms with E-state index in [1.165, 1.54) is 43.3 Å². The fraction of sp³-hybridized carbons (Fsp3) is 0.259. The third-order valence-corrected chi connectivity index (χ3v) is 7.94. The smallest absolute Gasteiger partial charge is 0.243 e. The lowest BCUT2D eigenvalue weighted by Crippen LogP contribution is -2.52. The van der Waals surface area contributed by atoms with E-state index in [4.69, 9.17) is 11.6 Å². The van der Waals surface area contributed by atoms with Crippen LogP contribution in [0.15, 0.2) is 83.8 Å². The Labute approximate surface area is 217 Å². The van der Waals surface area contributed by atoms with Crippen LogP contribution in [-0.2, 0) is 32.6 Å². The maximum Gasteiger partial charge on any atom is 0.243 e. The quantitative estimate of drug-likeness (QED) is 0.436. The van der Waals surface area contributed by atoms with Gasteiger partial charge in [0, 0.05) is 32.1 Å². The molecule has 0 radical (unpaired) electrons. The molecule has 2 amide bonds. The normalized spacial score (nSPS) is 12.2. The predicted molar refractivity (Wildman–Crippen MR) is 141 cm³/mol. The fourth-order valence-corrected chi connectivity index (χ4v) is 5.01. The molecule has 9 heteroatoms. The number of benzene rings is 3. The second-order valence-electron chi connectivity index (χ2n) is 8.54. The molecule has 0 heterocycles. The summed E-state index contributed by atoms with van der Waals surface area (Å²) in [5.41, 5.74) is 2.78. The summed E-state index contributed by atoms with van der Waals surface area (Å²) < 4.78 is 27.2. The van der Waals surface area contributed by atoms with Crippen molar-refractivity contribution in [1.82, 2.24) is 14.5 Å². The Morgan fingerprint density at radius 1 is 0.917 bits per heavy atom. The van der Waals surface area contributed by atoms with E-state index in [1.807, 2.05) is 61.5 Å². The number of aryl methyl sites for hydroxylation is 1. The Balaban J connectivity index is 1.93. The van der Waals surface area contributed by atoms with E-state index in [0.29, 0.717) is 5.02 Å². The standard InChI is InChI=1S/C27H30ClN3O4S/c1-20-9-11-22(12-10-20)18-31(25(27(33)29-2)17-21-7-5-4-6-8-21)26(32)19-30(3)36(34,35)24-15-13-23(28)14-16-24/h4-16,25H,17-19H2,1-3H3,(H,29,33). The molecule has 0 spiro atoms. The lowest BCUT2D eigenvalue weighted by molar-refractivity contribution is -0.141. The topological polar surface area (TPSA) is 86.8 Å². The molecule has 3 aromatic rings. The molecule has 7 nitrogen and oxygen atoms in total. The predicted octanol–water partition coefficient (Wildman–Crippen LogP) is 3.66. The SMILES string of the molecule is CNC(=O)C(Cc1ccccc1)N(Cc1ccc(C)cc1)C(=O)CN(C)S(=O)(=O)c1ccc(Cl)cc1. The number of rotatable bonds is 10. The third-order valence-electron chi connectivity index (χ3n) is 5.87. The highest BCUT2D eigenvalue weighted by Crippen LogP contribution is 2.19. The molecule has 0 aromatic heterocycles. The number of hydrogen-bond donors (Lipinski definition) is 1. The van der Waals surface area contributed by atoms with Crippen molar-refractivity contribution >= 4 is 33.4 Å². The summed E-state index contributed by atoms with van der Waals surface area (Å²) in [6.07, 6.45) is 0.283. The molecule has 36 heavy (non-hydrogen) atoms. The maximum absolute atomic E-state index is 13.6. The van der Waals surface area contributed by atoms with E-state index in [-0.39, 0.29) is 23.8 Å². The zero-order valence-electron chi connectivity index (χ0n) is 20.5. The molecule has 0 bridgehead atoms. The van der Waals surface area contributed by atoms with Crippen LogP contribution >= 0.6 is 11.6 Å². The number of likely N-dealkylation sites (N-methyl/N-ethyl adjacent to an activating group) is 2. The number of carbonyl (C=O) groups is 2. The highest BCUT2D eigenvalue weighted by atomic mass is 35.5. The Kier molecular flexibility index (Phi) is 9.25. The molecule has 3 rings (SSSR count). The summed E-state index contributed by atoms with van der Waals surface area (Å²) in [5.74, 6) is -0.817. The summed E-state index contributed by atoms with van der Waals surface area (Å²) in [4.78, 5) is 28.1. The summed E-state index contributed by atoms with van der Waals surface area (Å²) in [7, 11) is -1.08. The van der Waals surface area contributed by atoms with Crippen molar-refractivity contribution in [3.63, 3.8) is 0 Å². The number of nitrogens with zero attached hydrogens (tertiary/aromatic N) is 2. The minimum absolute atomic E-state index is 0.0272. The number of halogens is 1. The number of carbonyl (C=O) groups excluding carboxylic acids is 2. The first-order chi connectivity index (χ1) is 17.1. The monoisotopic (exact) mass is 527 g/mol. The number of nitrogens with one attached hydrogen (secondary N) is 1. The van der Waals surface area contributed by atoms with Crippen LogP contribution in [0.25, 0.3) is 0 Å². The zero-order valence-corrected chi connectivity index (χ0v) is 22.1. The second-order valence-corrected chi connectivity index (χ2v) is 11.0. The van der Waals surface area contributed by atoms with Crippen molar-refractivity contribution in [2.24, 2.45) is 0 Å². The van der Waals surface area contributed by atoms with Crippen LogP contribution in [0.5, 0.6) is 0 Å². The second kappa shape index (κ2) is 12.2. The Bertz CT molecular complexity index is 1280. The Hall–Kier alpha value is -3.20. The molecule has 0 fully saturated rings. The van der Waals surface area contributed by atoms with Crippen LogP contribution in [0, 0.1) is 6.92 Å². The van der Waals surface area contributed by atoms with Gasteiger partial charge < -0.3 is 10.2 Å². The van der Waals surface area contributed by atoms with Crippen molar-refractivity contribution < 1.29 is 18.0 Å². The lowest BCUT2D eigenvalue weighted by Gasteiger charge is -2.32. The van der Waals surface area contributed by atoms with Gasteiger partial charge in [0.1, 0.15) is 6.04 Å². The summed E-state index contributed by atoms with van der Waals surface area (Å²) in [6.45, 7) is 1.68. The van der Waals surface area contributed by atoms with E-state index >= 15 is 0 Å². The van der Waals surface area contributed by atoms with Gasteiger partial charge >= 0.3 is 0 Å². The summed E-state index contributed by atoms with van der Waals surface area (Å²) in [5, 5.41) is 3.06. The first kappa shape index (κ1) is 27.4. The molecule has 0 aliphatic carbocycles. The van der Waals surface area contributed by atoms with Gasteiger partial charge in [0.15, 0.2) is 0 Å². The van der Waals surface area contributed by atoms with Gasteiger partial charge in [-0.2, -0.15) is 4.31 Å². The average Bonchev–Trinajstić information content (AvgIpc) is 2.87. The molecule has 1 unspecified atom stereocenters. The molecule has 1 N–H and O–H groups in total. The van der Waals surface area contributed by atoms with Gasteiger partial charge in [-0.15, -0.1) is 0 Å². The molecule has 1 atom stereocenters. The zero-order chi connectivity index (χ0) is 26.3. The van der Waals surface area contributed by atoms with Crippen LogP contribution in [0.1, 0.15) is 16.7 Å². The molecular weight excluding hydrogens is 498 g/mol. The summed E-state index contributed by atoms with van der Waals surface area (Å²) >= 11 is 5.89. The Morgan fingerprint density at radius 3 is 2.11 bits per heavy atom. The highest BCUT2D eigenvalue weighted by molar-refractivity contribution is 7.89. The van der Waals surface area contributed by atoms with Crippen LogP contribution < -0.4 is 5.32 Å². The summed E-state index contributed by atoms with van der Waals surface area (Å²) in [6, 6.07) is 22.0. The van der Waals surface area contributed by atoms with Gasteiger partial charge in [-0.1, -0.05) is 71.8 Å². The minimum Gasteiger partial charge on any atom is -0.357 e. The van der Waals surface area contributed by atoms with E-state index in [2.05, 4.69) is 5.32 Å². The van der Waals surface area contributed by atoms with Crippen molar-refractivity contribution in [1.29, 1.82) is 0 Å². The van der Waals surface area contributed by atoms with Crippen LogP contribution in [-0.4, -0.2) is 56.1 Å². The maximum atomic E-state index is 13.6. The largest absolute Gasteiger partial charge is 0.357 e. The molecule has 190 valence electrons. The molecule has 3 aromatic carbocycles. The lowest BCUT2D eigenvalue weighted by atomic mass is 10.0. The van der Waals surface area contributed by atoms with E-state index < -0.39 is 28.5 Å². The van der Waals surface area contributed by atoms with Crippen LogP contribution in [0.3, 0.4) is 0 Å². The first-order valence-corrected chi connectivity index (χ1v) is 13.3. The van der Waals surface area contributed by atoms with Crippen LogP contribution in [0.4, 0.5) is 0 Å². The molecule has 0 saturated carbocycles. The van der Waals surface area contributed by atoms with Crippen molar-refractivity contribution in [2.75, 3.05) is 20.6 Å². The molecule has 0 aliphatic rings. The van der Waals surface area contributed by atoms with Gasteiger partial charge in [0.25, 0.3) is 0 Å². The first-order valence-electron chi connectivity index (χ1n) is 11.4. The Morgan fingerprint density at radius 2 is 1.53 bits per heavy atom. The van der Waals surface area contributed by atoms with Gasteiger partial charge in [-0.05, 0) is 42.3 Å². The molecule has 0 aliphatic heterocycles. The van der Waals surface area contributed by atoms with Crippen molar-refractivity contribution in [3.05, 3.63) is 101 Å². The number of hydrogen-bond acceptors (Lipinski definition) is 4. The fourth-order valence-electron chi connectivity index (χ4n) is 3.76. The van der Waals surface area contributed by atoms with E-state index in [1.54, 1.807) is 0 Å². The average molecular weight is 528 g/mol. The van der Waals surface area contributed by atoms with Crippen LogP contribution in [0.2, 0.25) is 5.02 Å². The minimum atomic E-state index is -3.95. The number of sulfonamides is 1. The van der Waals surface area contributed by atoms with Crippen molar-refractivity contribution in [3.8, 4) is 0 Å². The number of amides is 2.